The Kier molecular flexibility index (Phi) is 8.12. The number of carbonyl (C=O) groups excluding carboxylic acids is 2. The molecule has 0 aliphatic heterocycles. The fourth-order valence-electron chi connectivity index (χ4n) is 0.910. The fourth-order valence-corrected chi connectivity index (χ4v) is 1.34. The van der Waals surface area contributed by atoms with Crippen molar-refractivity contribution in [1.29, 1.82) is 0 Å². The van der Waals surface area contributed by atoms with Gasteiger partial charge in [0.25, 0.3) is 0 Å². The van der Waals surface area contributed by atoms with E-state index in [4.69, 9.17) is 0 Å². The molecule has 0 bridgehead atoms. The molecule has 0 aliphatic carbocycles. The highest BCUT2D eigenvalue weighted by molar-refractivity contribution is 7.98. The number of imide groups is 1. The van der Waals surface area contributed by atoms with Gasteiger partial charge in [0.1, 0.15) is 0 Å². The van der Waals surface area contributed by atoms with Gasteiger partial charge in [0.15, 0.2) is 0 Å². The number of hydrogen-bond acceptors (Lipinski definition) is 4. The van der Waals surface area contributed by atoms with Crippen LogP contribution in [0.2, 0.25) is 0 Å². The van der Waals surface area contributed by atoms with Gasteiger partial charge in [-0.25, -0.2) is 4.79 Å². The maximum atomic E-state index is 11.3. The Labute approximate surface area is 94.8 Å². The zero-order chi connectivity index (χ0) is 11.7. The minimum absolute atomic E-state index is 0.307. The molecule has 0 aromatic heterocycles. The van der Waals surface area contributed by atoms with Gasteiger partial charge in [0.05, 0.1) is 6.04 Å². The van der Waals surface area contributed by atoms with Crippen LogP contribution in [0.25, 0.3) is 0 Å². The standard InChI is InChI=1S/C9H19N3O2S/c1-7(11-5-4-6-15-3)8(13)12-9(14)10-2/h7,11H,4-6H2,1-3H3,(H2,10,12,13,14). The average Bonchev–Trinajstić information content (AvgIpc) is 2.23. The zero-order valence-electron chi connectivity index (χ0n) is 9.42. The highest BCUT2D eigenvalue weighted by Gasteiger charge is 2.13. The Bertz CT molecular complexity index is 212. The summed E-state index contributed by atoms with van der Waals surface area (Å²) in [5.74, 6) is 0.759. The molecule has 15 heavy (non-hydrogen) atoms. The molecule has 1 unspecified atom stereocenters. The van der Waals surface area contributed by atoms with Crippen LogP contribution in [-0.2, 0) is 4.79 Å². The molecule has 0 rings (SSSR count). The van der Waals surface area contributed by atoms with Crippen LogP contribution in [0, 0.1) is 0 Å². The van der Waals surface area contributed by atoms with Crippen molar-refractivity contribution in [3.63, 3.8) is 0 Å². The lowest BCUT2D eigenvalue weighted by Gasteiger charge is -2.12. The highest BCUT2D eigenvalue weighted by Crippen LogP contribution is 1.94. The Morgan fingerprint density at radius 3 is 2.60 bits per heavy atom. The zero-order valence-corrected chi connectivity index (χ0v) is 10.2. The fraction of sp³-hybridized carbons (Fsp3) is 0.778. The molecular weight excluding hydrogens is 214 g/mol. The van der Waals surface area contributed by atoms with Crippen LogP contribution in [0.4, 0.5) is 4.79 Å². The van der Waals surface area contributed by atoms with Crippen LogP contribution in [-0.4, -0.2) is 43.6 Å². The Morgan fingerprint density at radius 1 is 1.40 bits per heavy atom. The lowest BCUT2D eigenvalue weighted by atomic mass is 10.3. The van der Waals surface area contributed by atoms with Crippen molar-refractivity contribution in [2.45, 2.75) is 19.4 Å². The number of amides is 3. The number of nitrogens with one attached hydrogen (secondary N) is 3. The molecule has 88 valence electrons. The Hall–Kier alpha value is -0.750. The summed E-state index contributed by atoms with van der Waals surface area (Å²) in [6, 6.07) is -0.818. The second kappa shape index (κ2) is 8.55. The van der Waals surface area contributed by atoms with E-state index >= 15 is 0 Å². The molecule has 0 fully saturated rings. The minimum Gasteiger partial charge on any atom is -0.341 e. The molecule has 5 nitrogen and oxygen atoms in total. The second-order valence-corrected chi connectivity index (χ2v) is 4.08. The molecule has 0 heterocycles. The molecule has 3 N–H and O–H groups in total. The minimum atomic E-state index is -0.474. The van der Waals surface area contributed by atoms with Crippen LogP contribution in [0.15, 0.2) is 0 Å². The van der Waals surface area contributed by atoms with Gasteiger partial charge in [-0.2, -0.15) is 11.8 Å². The van der Waals surface area contributed by atoms with Gasteiger partial charge in [0.2, 0.25) is 5.91 Å². The molecule has 0 aliphatic rings. The Balaban J connectivity index is 3.64. The molecule has 1 atom stereocenters. The number of hydrogen-bond donors (Lipinski definition) is 3. The van der Waals surface area contributed by atoms with E-state index in [9.17, 15) is 9.59 Å². The molecule has 3 amide bonds. The Morgan fingerprint density at radius 2 is 2.07 bits per heavy atom. The summed E-state index contributed by atoms with van der Waals surface area (Å²) in [5.41, 5.74) is 0. The van der Waals surface area contributed by atoms with Crippen LogP contribution in [0.1, 0.15) is 13.3 Å². The maximum absolute atomic E-state index is 11.3. The van der Waals surface area contributed by atoms with Crippen molar-refractivity contribution in [2.24, 2.45) is 0 Å². The molecular formula is C9H19N3O2S. The molecule has 0 saturated carbocycles. The van der Waals surface area contributed by atoms with Crippen molar-refractivity contribution in [1.82, 2.24) is 16.0 Å². The van der Waals surface area contributed by atoms with Crippen molar-refractivity contribution in [3.05, 3.63) is 0 Å². The van der Waals surface area contributed by atoms with E-state index in [-0.39, 0.29) is 11.9 Å². The maximum Gasteiger partial charge on any atom is 0.321 e. The van der Waals surface area contributed by atoms with Gasteiger partial charge in [-0.15, -0.1) is 0 Å². The number of urea groups is 1. The normalized spacial score (nSPS) is 11.9. The SMILES string of the molecule is CNC(=O)NC(=O)C(C)NCCCSC. The molecule has 0 spiro atoms. The molecule has 0 radical (unpaired) electrons. The van der Waals surface area contributed by atoms with Crippen LogP contribution in [0.5, 0.6) is 0 Å². The van der Waals surface area contributed by atoms with E-state index in [1.54, 1.807) is 18.7 Å². The molecule has 6 heteroatoms. The average molecular weight is 233 g/mol. The number of rotatable bonds is 6. The van der Waals surface area contributed by atoms with Gasteiger partial charge in [-0.1, -0.05) is 0 Å². The summed E-state index contributed by atoms with van der Waals surface area (Å²) in [4.78, 5) is 22.2. The highest BCUT2D eigenvalue weighted by atomic mass is 32.2. The van der Waals surface area contributed by atoms with E-state index in [1.165, 1.54) is 7.05 Å². The predicted octanol–water partition coefficient (Wildman–Crippen LogP) is 0.173. The molecule has 0 saturated heterocycles. The first-order valence-electron chi connectivity index (χ1n) is 4.86. The molecule has 0 aromatic carbocycles. The third kappa shape index (κ3) is 7.21. The third-order valence-electron chi connectivity index (χ3n) is 1.83. The first-order chi connectivity index (χ1) is 7.11. The van der Waals surface area contributed by atoms with Crippen LogP contribution >= 0.6 is 11.8 Å². The predicted molar refractivity (Wildman–Crippen MR) is 63.1 cm³/mol. The van der Waals surface area contributed by atoms with Gasteiger partial charge >= 0.3 is 6.03 Å². The lowest BCUT2D eigenvalue weighted by Crippen LogP contribution is -2.47. The van der Waals surface area contributed by atoms with Gasteiger partial charge in [-0.05, 0) is 31.9 Å². The number of thioether (sulfide) groups is 1. The van der Waals surface area contributed by atoms with Gasteiger partial charge in [-0.3, -0.25) is 10.1 Å². The summed E-state index contributed by atoms with van der Waals surface area (Å²) in [6.45, 7) is 2.51. The van der Waals surface area contributed by atoms with Gasteiger partial charge in [0, 0.05) is 7.05 Å². The van der Waals surface area contributed by atoms with Crippen molar-refractivity contribution >= 4 is 23.7 Å². The van der Waals surface area contributed by atoms with E-state index in [1.807, 2.05) is 6.26 Å². The topological polar surface area (TPSA) is 70.2 Å². The first kappa shape index (κ1) is 14.2. The largest absolute Gasteiger partial charge is 0.341 e. The van der Waals surface area contributed by atoms with E-state index in [0.717, 1.165) is 18.7 Å². The summed E-state index contributed by atoms with van der Waals surface area (Å²) >= 11 is 1.77. The summed E-state index contributed by atoms with van der Waals surface area (Å²) < 4.78 is 0. The number of carbonyl (C=O) groups is 2. The smallest absolute Gasteiger partial charge is 0.321 e. The summed E-state index contributed by atoms with van der Waals surface area (Å²) in [5, 5.41) is 7.58. The van der Waals surface area contributed by atoms with E-state index in [0.29, 0.717) is 0 Å². The lowest BCUT2D eigenvalue weighted by molar-refractivity contribution is -0.121. The van der Waals surface area contributed by atoms with Crippen LogP contribution < -0.4 is 16.0 Å². The van der Waals surface area contributed by atoms with Crippen molar-refractivity contribution < 1.29 is 9.59 Å². The van der Waals surface area contributed by atoms with E-state index < -0.39 is 6.03 Å². The van der Waals surface area contributed by atoms with Crippen molar-refractivity contribution in [2.75, 3.05) is 25.6 Å². The summed E-state index contributed by atoms with van der Waals surface area (Å²) in [7, 11) is 1.47. The third-order valence-corrected chi connectivity index (χ3v) is 2.53. The van der Waals surface area contributed by atoms with Crippen molar-refractivity contribution in [3.8, 4) is 0 Å². The van der Waals surface area contributed by atoms with E-state index in [2.05, 4.69) is 16.0 Å². The van der Waals surface area contributed by atoms with Gasteiger partial charge < -0.3 is 10.6 Å². The quantitative estimate of drug-likeness (QED) is 0.572. The monoisotopic (exact) mass is 233 g/mol. The second-order valence-electron chi connectivity index (χ2n) is 3.09. The first-order valence-corrected chi connectivity index (χ1v) is 6.26. The summed E-state index contributed by atoms with van der Waals surface area (Å²) in [6.07, 6.45) is 3.06. The van der Waals surface area contributed by atoms with Crippen LogP contribution in [0.3, 0.4) is 0 Å². The molecule has 0 aromatic rings.